The minimum atomic E-state index is 0.244. The molecule has 1 aromatic carbocycles. The van der Waals surface area contributed by atoms with Crippen molar-refractivity contribution in [3.05, 3.63) is 48.4 Å². The van der Waals surface area contributed by atoms with Crippen LogP contribution in [-0.2, 0) is 0 Å². The lowest BCUT2D eigenvalue weighted by molar-refractivity contribution is 0.405. The molecule has 0 aliphatic carbocycles. The molecule has 1 heterocycles. The third-order valence-electron chi connectivity index (χ3n) is 2.85. The second kappa shape index (κ2) is 7.26. The minimum absolute atomic E-state index is 0.244. The van der Waals surface area contributed by atoms with E-state index in [1.807, 2.05) is 30.3 Å². The fraction of sp³-hybridized carbons (Fsp3) is 0.333. The van der Waals surface area contributed by atoms with Crippen molar-refractivity contribution in [2.75, 3.05) is 19.4 Å². The van der Waals surface area contributed by atoms with E-state index in [1.165, 1.54) is 4.90 Å². The summed E-state index contributed by atoms with van der Waals surface area (Å²) in [6, 6.07) is 12.2. The molecule has 102 valence electrons. The Labute approximate surface area is 118 Å². The van der Waals surface area contributed by atoms with Crippen LogP contribution in [0, 0.1) is 0 Å². The topological polar surface area (TPSA) is 34.4 Å². The van der Waals surface area contributed by atoms with Gasteiger partial charge in [-0.15, -0.1) is 11.8 Å². The molecule has 2 aromatic rings. The van der Waals surface area contributed by atoms with E-state index in [9.17, 15) is 0 Å². The number of nitrogens with one attached hydrogen (secondary N) is 1. The number of methoxy groups -OCH3 is 1. The molecule has 2 rings (SSSR count). The lowest BCUT2D eigenvalue weighted by Crippen LogP contribution is -2.20. The molecule has 1 unspecified atom stereocenters. The van der Waals surface area contributed by atoms with Crippen LogP contribution in [0.3, 0.4) is 0 Å². The molecule has 1 aromatic heterocycles. The number of thioether (sulfide) groups is 1. The van der Waals surface area contributed by atoms with Crippen LogP contribution in [0.2, 0.25) is 0 Å². The Hall–Kier alpha value is -1.39. The van der Waals surface area contributed by atoms with Gasteiger partial charge in [-0.05, 0) is 31.2 Å². The van der Waals surface area contributed by atoms with Crippen molar-refractivity contribution in [1.29, 1.82) is 0 Å². The SMILES string of the molecule is COc1ccccc1SCCNC(C)c1ccco1. The van der Waals surface area contributed by atoms with E-state index in [2.05, 4.69) is 18.3 Å². The second-order valence-electron chi connectivity index (χ2n) is 4.19. The molecule has 0 spiro atoms. The van der Waals surface area contributed by atoms with Crippen molar-refractivity contribution >= 4 is 11.8 Å². The van der Waals surface area contributed by atoms with Gasteiger partial charge in [-0.3, -0.25) is 0 Å². The van der Waals surface area contributed by atoms with Gasteiger partial charge in [-0.2, -0.15) is 0 Å². The first-order valence-electron chi connectivity index (χ1n) is 6.34. The average molecular weight is 277 g/mol. The first kappa shape index (κ1) is 14.0. The van der Waals surface area contributed by atoms with Gasteiger partial charge in [0.15, 0.2) is 0 Å². The van der Waals surface area contributed by atoms with Gasteiger partial charge in [0.2, 0.25) is 0 Å². The lowest BCUT2D eigenvalue weighted by Gasteiger charge is -2.11. The van der Waals surface area contributed by atoms with E-state index in [-0.39, 0.29) is 6.04 Å². The summed E-state index contributed by atoms with van der Waals surface area (Å²) in [5.74, 6) is 2.90. The van der Waals surface area contributed by atoms with Gasteiger partial charge >= 0.3 is 0 Å². The van der Waals surface area contributed by atoms with E-state index in [0.29, 0.717) is 0 Å². The van der Waals surface area contributed by atoms with Crippen LogP contribution in [-0.4, -0.2) is 19.4 Å². The van der Waals surface area contributed by atoms with Crippen molar-refractivity contribution in [2.45, 2.75) is 17.9 Å². The summed E-state index contributed by atoms with van der Waals surface area (Å²) >= 11 is 1.79. The maximum Gasteiger partial charge on any atom is 0.132 e. The molecule has 0 saturated heterocycles. The smallest absolute Gasteiger partial charge is 0.132 e. The van der Waals surface area contributed by atoms with Gasteiger partial charge in [0.05, 0.1) is 19.4 Å². The quantitative estimate of drug-likeness (QED) is 0.617. The zero-order chi connectivity index (χ0) is 13.5. The Kier molecular flexibility index (Phi) is 5.36. The molecule has 0 aliphatic rings. The molecule has 19 heavy (non-hydrogen) atoms. The standard InChI is InChI=1S/C15H19NO2S/c1-12(13-7-5-10-18-13)16-9-11-19-15-8-4-3-6-14(15)17-2/h3-8,10,12,16H,9,11H2,1-2H3. The molecule has 0 radical (unpaired) electrons. The largest absolute Gasteiger partial charge is 0.496 e. The van der Waals surface area contributed by atoms with Gasteiger partial charge in [-0.1, -0.05) is 12.1 Å². The highest BCUT2D eigenvalue weighted by Crippen LogP contribution is 2.28. The minimum Gasteiger partial charge on any atom is -0.496 e. The Balaban J connectivity index is 1.75. The average Bonchev–Trinajstić information content (AvgIpc) is 2.98. The number of para-hydroxylation sites is 1. The van der Waals surface area contributed by atoms with Crippen LogP contribution in [0.1, 0.15) is 18.7 Å². The molecular formula is C15H19NO2S. The number of ether oxygens (including phenoxy) is 1. The summed E-state index contributed by atoms with van der Waals surface area (Å²) in [6.07, 6.45) is 1.71. The van der Waals surface area contributed by atoms with E-state index < -0.39 is 0 Å². The molecule has 4 heteroatoms. The number of furan rings is 1. The molecule has 3 nitrogen and oxygen atoms in total. The molecule has 0 bridgehead atoms. The second-order valence-corrected chi connectivity index (χ2v) is 5.33. The van der Waals surface area contributed by atoms with Crippen molar-refractivity contribution in [2.24, 2.45) is 0 Å². The van der Waals surface area contributed by atoms with Gasteiger partial charge in [0.1, 0.15) is 11.5 Å². The summed E-state index contributed by atoms with van der Waals surface area (Å²) in [6.45, 7) is 3.02. The zero-order valence-electron chi connectivity index (χ0n) is 11.3. The Morgan fingerprint density at radius 2 is 2.11 bits per heavy atom. The van der Waals surface area contributed by atoms with E-state index in [0.717, 1.165) is 23.8 Å². The Morgan fingerprint density at radius 3 is 2.84 bits per heavy atom. The number of hydrogen-bond acceptors (Lipinski definition) is 4. The molecular weight excluding hydrogens is 258 g/mol. The van der Waals surface area contributed by atoms with Gasteiger partial charge in [0.25, 0.3) is 0 Å². The summed E-state index contributed by atoms with van der Waals surface area (Å²) < 4.78 is 10.7. The van der Waals surface area contributed by atoms with Crippen molar-refractivity contribution in [3.63, 3.8) is 0 Å². The molecule has 0 fully saturated rings. The predicted octanol–water partition coefficient (Wildman–Crippen LogP) is 3.73. The third kappa shape index (κ3) is 4.04. The lowest BCUT2D eigenvalue weighted by atomic mass is 10.2. The normalized spacial score (nSPS) is 12.3. The monoisotopic (exact) mass is 277 g/mol. The summed E-state index contributed by atoms with van der Waals surface area (Å²) in [7, 11) is 1.70. The van der Waals surface area contributed by atoms with Crippen LogP contribution < -0.4 is 10.1 Å². The third-order valence-corrected chi connectivity index (χ3v) is 3.91. The van der Waals surface area contributed by atoms with Gasteiger partial charge < -0.3 is 14.5 Å². The predicted molar refractivity (Wildman–Crippen MR) is 78.8 cm³/mol. The molecule has 0 saturated carbocycles. The number of hydrogen-bond donors (Lipinski definition) is 1. The van der Waals surface area contributed by atoms with E-state index >= 15 is 0 Å². The molecule has 1 atom stereocenters. The van der Waals surface area contributed by atoms with E-state index in [4.69, 9.17) is 9.15 Å². The maximum absolute atomic E-state index is 5.36. The van der Waals surface area contributed by atoms with Crippen LogP contribution in [0.4, 0.5) is 0 Å². The fourth-order valence-electron chi connectivity index (χ4n) is 1.81. The summed E-state index contributed by atoms with van der Waals surface area (Å²) in [5, 5.41) is 3.44. The van der Waals surface area contributed by atoms with Gasteiger partial charge in [0, 0.05) is 17.2 Å². The van der Waals surface area contributed by atoms with Crippen LogP contribution in [0.15, 0.2) is 52.0 Å². The van der Waals surface area contributed by atoms with E-state index in [1.54, 1.807) is 25.1 Å². The summed E-state index contributed by atoms with van der Waals surface area (Å²) in [4.78, 5) is 1.18. The summed E-state index contributed by atoms with van der Waals surface area (Å²) in [5.41, 5.74) is 0. The van der Waals surface area contributed by atoms with Crippen LogP contribution in [0.5, 0.6) is 5.75 Å². The number of benzene rings is 1. The Morgan fingerprint density at radius 1 is 1.26 bits per heavy atom. The molecule has 0 amide bonds. The van der Waals surface area contributed by atoms with Crippen molar-refractivity contribution in [1.82, 2.24) is 5.32 Å². The highest BCUT2D eigenvalue weighted by atomic mass is 32.2. The Bertz CT molecular complexity index is 485. The van der Waals surface area contributed by atoms with Crippen LogP contribution >= 0.6 is 11.8 Å². The molecule has 0 aliphatic heterocycles. The van der Waals surface area contributed by atoms with Crippen molar-refractivity contribution in [3.8, 4) is 5.75 Å². The maximum atomic E-state index is 5.36. The van der Waals surface area contributed by atoms with Crippen LogP contribution in [0.25, 0.3) is 0 Å². The highest BCUT2D eigenvalue weighted by Gasteiger charge is 2.07. The first-order valence-corrected chi connectivity index (χ1v) is 7.32. The first-order chi connectivity index (χ1) is 9.31. The highest BCUT2D eigenvalue weighted by molar-refractivity contribution is 7.99. The fourth-order valence-corrected chi connectivity index (χ4v) is 2.72. The molecule has 1 N–H and O–H groups in total. The van der Waals surface area contributed by atoms with Crippen molar-refractivity contribution < 1.29 is 9.15 Å². The number of rotatable bonds is 7. The van der Waals surface area contributed by atoms with Gasteiger partial charge in [-0.25, -0.2) is 0 Å². The zero-order valence-corrected chi connectivity index (χ0v) is 12.1.